The number of benzene rings is 3. The zero-order valence-corrected chi connectivity index (χ0v) is 15.3. The number of fused-ring (bicyclic) bond motifs is 3. The Morgan fingerprint density at radius 3 is 2.57 bits per heavy atom. The van der Waals surface area contributed by atoms with Gasteiger partial charge < -0.3 is 9.15 Å². The Kier molecular flexibility index (Phi) is 4.87. The van der Waals surface area contributed by atoms with Crippen molar-refractivity contribution < 1.29 is 18.7 Å². The normalized spacial score (nSPS) is 10.8. The van der Waals surface area contributed by atoms with E-state index in [9.17, 15) is 9.59 Å². The van der Waals surface area contributed by atoms with E-state index in [1.54, 1.807) is 30.3 Å². The summed E-state index contributed by atoms with van der Waals surface area (Å²) in [5.74, 6) is -0.440. The molecule has 3 aromatic carbocycles. The minimum Gasteiger partial charge on any atom is -0.484 e. The maximum absolute atomic E-state index is 12.0. The summed E-state index contributed by atoms with van der Waals surface area (Å²) in [6, 6.07) is 19.4. The van der Waals surface area contributed by atoms with Crippen LogP contribution in [0.1, 0.15) is 10.4 Å². The summed E-state index contributed by atoms with van der Waals surface area (Å²) >= 11 is 5.84. The second kappa shape index (κ2) is 7.62. The van der Waals surface area contributed by atoms with Crippen LogP contribution in [0.4, 0.5) is 0 Å². The van der Waals surface area contributed by atoms with Crippen molar-refractivity contribution >= 4 is 45.4 Å². The van der Waals surface area contributed by atoms with Gasteiger partial charge in [0.05, 0.1) is 0 Å². The van der Waals surface area contributed by atoms with Gasteiger partial charge in [0.25, 0.3) is 11.8 Å². The molecule has 0 aliphatic rings. The Hall–Kier alpha value is -3.51. The molecule has 4 aromatic rings. The Morgan fingerprint density at radius 1 is 0.893 bits per heavy atom. The fraction of sp³-hybridized carbons (Fsp3) is 0.0476. The molecule has 28 heavy (non-hydrogen) atoms. The van der Waals surface area contributed by atoms with E-state index in [0.717, 1.165) is 21.9 Å². The first-order valence-electron chi connectivity index (χ1n) is 8.49. The molecule has 2 N–H and O–H groups in total. The first kappa shape index (κ1) is 17.9. The highest BCUT2D eigenvalue weighted by Gasteiger charge is 2.10. The predicted octanol–water partition coefficient (Wildman–Crippen LogP) is 4.08. The topological polar surface area (TPSA) is 80.6 Å². The Labute approximate surface area is 165 Å². The highest BCUT2D eigenvalue weighted by Crippen LogP contribution is 2.31. The van der Waals surface area contributed by atoms with Gasteiger partial charge in [-0.2, -0.15) is 0 Å². The lowest BCUT2D eigenvalue weighted by Gasteiger charge is -2.09. The van der Waals surface area contributed by atoms with Crippen LogP contribution < -0.4 is 15.6 Å². The van der Waals surface area contributed by atoms with Crippen molar-refractivity contribution in [1.29, 1.82) is 0 Å². The number of carbonyl (C=O) groups is 2. The van der Waals surface area contributed by atoms with Crippen LogP contribution in [0.15, 0.2) is 71.1 Å². The van der Waals surface area contributed by atoms with E-state index >= 15 is 0 Å². The van der Waals surface area contributed by atoms with Gasteiger partial charge in [0.1, 0.15) is 16.9 Å². The summed E-state index contributed by atoms with van der Waals surface area (Å²) in [6.07, 6.45) is 0. The summed E-state index contributed by atoms with van der Waals surface area (Å²) in [7, 11) is 0. The van der Waals surface area contributed by atoms with Crippen LogP contribution in [0.25, 0.3) is 21.9 Å². The number of rotatable bonds is 4. The SMILES string of the molecule is O=C(COc1ccc2oc3ccccc3c2c1)NNC(=O)c1cccc(Cl)c1. The second-order valence-electron chi connectivity index (χ2n) is 6.06. The fourth-order valence-electron chi connectivity index (χ4n) is 2.81. The van der Waals surface area contributed by atoms with E-state index in [-0.39, 0.29) is 6.61 Å². The zero-order valence-electron chi connectivity index (χ0n) is 14.6. The van der Waals surface area contributed by atoms with Crippen LogP contribution in [-0.2, 0) is 4.79 Å². The quantitative estimate of drug-likeness (QED) is 0.511. The number of para-hydroxylation sites is 1. The molecule has 0 unspecified atom stereocenters. The summed E-state index contributed by atoms with van der Waals surface area (Å²) in [6.45, 7) is -0.253. The maximum Gasteiger partial charge on any atom is 0.276 e. The highest BCUT2D eigenvalue weighted by molar-refractivity contribution is 6.31. The predicted molar refractivity (Wildman–Crippen MR) is 106 cm³/mol. The molecule has 7 heteroatoms. The van der Waals surface area contributed by atoms with Crippen molar-refractivity contribution in [3.05, 3.63) is 77.3 Å². The third-order valence-corrected chi connectivity index (χ3v) is 4.36. The molecular weight excluding hydrogens is 380 g/mol. The van der Waals surface area contributed by atoms with Crippen LogP contribution >= 0.6 is 11.6 Å². The van der Waals surface area contributed by atoms with Gasteiger partial charge >= 0.3 is 0 Å². The number of hydrogen-bond acceptors (Lipinski definition) is 4. The van der Waals surface area contributed by atoms with Crippen molar-refractivity contribution in [2.24, 2.45) is 0 Å². The number of nitrogens with one attached hydrogen (secondary N) is 2. The summed E-state index contributed by atoms with van der Waals surface area (Å²) < 4.78 is 11.3. The Balaban J connectivity index is 1.36. The molecule has 0 fully saturated rings. The van der Waals surface area contributed by atoms with Crippen molar-refractivity contribution in [3.63, 3.8) is 0 Å². The van der Waals surface area contributed by atoms with Gasteiger partial charge in [-0.1, -0.05) is 35.9 Å². The molecule has 0 spiro atoms. The second-order valence-corrected chi connectivity index (χ2v) is 6.49. The Bertz CT molecular complexity index is 1190. The fourth-order valence-corrected chi connectivity index (χ4v) is 3.00. The zero-order chi connectivity index (χ0) is 19.5. The lowest BCUT2D eigenvalue weighted by molar-refractivity contribution is -0.123. The molecule has 0 saturated carbocycles. The van der Waals surface area contributed by atoms with E-state index in [1.807, 2.05) is 30.3 Å². The number of furan rings is 1. The van der Waals surface area contributed by atoms with Gasteiger partial charge in [0.15, 0.2) is 6.61 Å². The molecule has 6 nitrogen and oxygen atoms in total. The van der Waals surface area contributed by atoms with Crippen LogP contribution in [0.3, 0.4) is 0 Å². The monoisotopic (exact) mass is 394 g/mol. The van der Waals surface area contributed by atoms with Gasteiger partial charge in [0.2, 0.25) is 0 Å². The van der Waals surface area contributed by atoms with Gasteiger partial charge in [-0.05, 0) is 42.5 Å². The smallest absolute Gasteiger partial charge is 0.276 e. The lowest BCUT2D eigenvalue weighted by Crippen LogP contribution is -2.43. The number of hydrogen-bond donors (Lipinski definition) is 2. The van der Waals surface area contributed by atoms with E-state index in [4.69, 9.17) is 20.8 Å². The maximum atomic E-state index is 12.0. The number of amides is 2. The van der Waals surface area contributed by atoms with Crippen LogP contribution in [-0.4, -0.2) is 18.4 Å². The molecule has 1 aromatic heterocycles. The van der Waals surface area contributed by atoms with Crippen molar-refractivity contribution in [3.8, 4) is 5.75 Å². The third kappa shape index (κ3) is 3.77. The average Bonchev–Trinajstić information content (AvgIpc) is 3.08. The average molecular weight is 395 g/mol. The summed E-state index contributed by atoms with van der Waals surface area (Å²) in [4.78, 5) is 23.9. The minimum absolute atomic E-state index is 0.253. The molecule has 0 aliphatic heterocycles. The summed E-state index contributed by atoms with van der Waals surface area (Å²) in [5, 5.41) is 2.31. The first-order chi connectivity index (χ1) is 13.6. The van der Waals surface area contributed by atoms with Crippen molar-refractivity contribution in [2.75, 3.05) is 6.61 Å². The van der Waals surface area contributed by atoms with Crippen molar-refractivity contribution in [2.45, 2.75) is 0 Å². The molecule has 0 aliphatic carbocycles. The van der Waals surface area contributed by atoms with Crippen LogP contribution in [0.2, 0.25) is 5.02 Å². The summed E-state index contributed by atoms with van der Waals surface area (Å²) in [5.41, 5.74) is 6.50. The Morgan fingerprint density at radius 2 is 1.71 bits per heavy atom. The van der Waals surface area contributed by atoms with E-state index in [1.165, 1.54) is 6.07 Å². The minimum atomic E-state index is -0.493. The van der Waals surface area contributed by atoms with Gasteiger partial charge in [0, 0.05) is 21.4 Å². The van der Waals surface area contributed by atoms with Gasteiger partial charge in [-0.15, -0.1) is 0 Å². The highest BCUT2D eigenvalue weighted by atomic mass is 35.5. The van der Waals surface area contributed by atoms with Crippen LogP contribution in [0.5, 0.6) is 5.75 Å². The molecular formula is C21H15ClN2O4. The number of halogens is 1. The molecule has 0 saturated heterocycles. The molecule has 4 rings (SSSR count). The number of hydrazine groups is 1. The number of ether oxygens (including phenoxy) is 1. The largest absolute Gasteiger partial charge is 0.484 e. The number of carbonyl (C=O) groups excluding carboxylic acids is 2. The molecule has 0 radical (unpaired) electrons. The van der Waals surface area contributed by atoms with Gasteiger partial charge in [-0.3, -0.25) is 20.4 Å². The van der Waals surface area contributed by atoms with E-state index in [2.05, 4.69) is 10.9 Å². The third-order valence-electron chi connectivity index (χ3n) is 4.12. The molecule has 2 amide bonds. The molecule has 0 bridgehead atoms. The first-order valence-corrected chi connectivity index (χ1v) is 8.87. The molecule has 0 atom stereocenters. The molecule has 140 valence electrons. The molecule has 1 heterocycles. The lowest BCUT2D eigenvalue weighted by atomic mass is 10.1. The van der Waals surface area contributed by atoms with Crippen LogP contribution in [0, 0.1) is 0 Å². The van der Waals surface area contributed by atoms with E-state index in [0.29, 0.717) is 16.3 Å². The standard InChI is InChI=1S/C21H15ClN2O4/c22-14-5-3-4-13(10-14)21(26)24-23-20(25)12-27-15-8-9-19-17(11-15)16-6-1-2-7-18(16)28-19/h1-11H,12H2,(H,23,25)(H,24,26). The van der Waals surface area contributed by atoms with Crippen molar-refractivity contribution in [1.82, 2.24) is 10.9 Å². The van der Waals surface area contributed by atoms with Gasteiger partial charge in [-0.25, -0.2) is 0 Å². The van der Waals surface area contributed by atoms with E-state index < -0.39 is 11.8 Å².